The third-order valence-corrected chi connectivity index (χ3v) is 9.34. The highest BCUT2D eigenvalue weighted by atomic mass is 35.5. The molecule has 0 bridgehead atoms. The highest BCUT2D eigenvalue weighted by Gasteiger charge is 2.29. The number of nitrogens with one attached hydrogen (secondary N) is 1. The van der Waals surface area contributed by atoms with Crippen molar-refractivity contribution in [3.05, 3.63) is 44.0 Å². The van der Waals surface area contributed by atoms with E-state index in [0.29, 0.717) is 15.2 Å². The number of sulfone groups is 1. The van der Waals surface area contributed by atoms with Crippen molar-refractivity contribution in [3.63, 3.8) is 0 Å². The lowest BCUT2D eigenvalue weighted by atomic mass is 10.1. The molecule has 0 atom stereocenters. The van der Waals surface area contributed by atoms with E-state index in [1.807, 2.05) is 0 Å². The molecule has 0 aliphatic carbocycles. The van der Waals surface area contributed by atoms with E-state index < -0.39 is 51.1 Å². The molecule has 0 radical (unpaired) electrons. The molecule has 17 heteroatoms. The molecule has 1 aromatic carbocycles. The summed E-state index contributed by atoms with van der Waals surface area (Å²) < 4.78 is 42.6. The summed E-state index contributed by atoms with van der Waals surface area (Å²) >= 11 is 7.81. The number of halogens is 1. The SMILES string of the molecule is CCOC(=O)Cn1c(=NC(=O)CS(=O)(=O)CC(=O)Nc2sc(C(=O)OCC)c(C)c2C(=O)OCC)sc2cc(Cl)ccc21. The Kier molecular flexibility index (Phi) is 11.6. The third kappa shape index (κ3) is 8.72. The Labute approximate surface area is 259 Å². The maximum absolute atomic E-state index is 12.8. The monoisotopic (exact) mass is 673 g/mol. The highest BCUT2D eigenvalue weighted by Crippen LogP contribution is 2.34. The number of benzene rings is 1. The number of rotatable bonds is 12. The molecule has 2 amide bonds. The minimum absolute atomic E-state index is 0.0167. The number of anilines is 1. The molecule has 0 fully saturated rings. The van der Waals surface area contributed by atoms with E-state index in [1.54, 1.807) is 39.0 Å². The van der Waals surface area contributed by atoms with Crippen LogP contribution in [0, 0.1) is 6.92 Å². The Balaban J connectivity index is 1.84. The van der Waals surface area contributed by atoms with E-state index in [9.17, 15) is 32.4 Å². The van der Waals surface area contributed by atoms with Crippen molar-refractivity contribution < 1.29 is 46.6 Å². The number of fused-ring (bicyclic) bond motifs is 1. The lowest BCUT2D eigenvalue weighted by molar-refractivity contribution is -0.143. The van der Waals surface area contributed by atoms with Crippen LogP contribution >= 0.6 is 34.3 Å². The molecule has 0 aliphatic heterocycles. The number of carbonyl (C=O) groups is 5. The summed E-state index contributed by atoms with van der Waals surface area (Å²) in [6.07, 6.45) is 0. The van der Waals surface area contributed by atoms with Gasteiger partial charge >= 0.3 is 17.9 Å². The van der Waals surface area contributed by atoms with Crippen molar-refractivity contribution in [3.8, 4) is 0 Å². The van der Waals surface area contributed by atoms with Gasteiger partial charge in [-0.05, 0) is 51.5 Å². The van der Waals surface area contributed by atoms with Crippen LogP contribution in [0.4, 0.5) is 5.00 Å². The van der Waals surface area contributed by atoms with Crippen LogP contribution in [0.3, 0.4) is 0 Å². The molecule has 2 aromatic heterocycles. The topological polar surface area (TPSA) is 176 Å². The van der Waals surface area contributed by atoms with Crippen LogP contribution in [0.5, 0.6) is 0 Å². The molecule has 0 saturated carbocycles. The van der Waals surface area contributed by atoms with Crippen LogP contribution < -0.4 is 10.1 Å². The van der Waals surface area contributed by atoms with Gasteiger partial charge in [0.2, 0.25) is 5.91 Å². The Morgan fingerprint density at radius 2 is 1.60 bits per heavy atom. The molecule has 3 rings (SSSR count). The van der Waals surface area contributed by atoms with Crippen LogP contribution in [0.2, 0.25) is 5.02 Å². The Bertz CT molecular complexity index is 1760. The first kappa shape index (κ1) is 33.9. The molecule has 0 spiro atoms. The second kappa shape index (κ2) is 14.7. The van der Waals surface area contributed by atoms with Crippen LogP contribution in [0.25, 0.3) is 10.2 Å². The van der Waals surface area contributed by atoms with Crippen LogP contribution in [0.1, 0.15) is 46.4 Å². The molecule has 0 unspecified atom stereocenters. The molecule has 43 heavy (non-hydrogen) atoms. The van der Waals surface area contributed by atoms with E-state index in [1.165, 1.54) is 11.5 Å². The molecule has 0 saturated heterocycles. The number of ether oxygens (including phenoxy) is 3. The molecule has 13 nitrogen and oxygen atoms in total. The Morgan fingerprint density at radius 3 is 2.26 bits per heavy atom. The number of thiazole rings is 1. The Hall–Kier alpha value is -3.60. The molecule has 2 heterocycles. The summed E-state index contributed by atoms with van der Waals surface area (Å²) in [5, 5.41) is 2.65. The van der Waals surface area contributed by atoms with Gasteiger partial charge in [-0.1, -0.05) is 22.9 Å². The number of aromatic nitrogens is 1. The first-order chi connectivity index (χ1) is 20.3. The fraction of sp³-hybridized carbons (Fsp3) is 0.385. The van der Waals surface area contributed by atoms with Crippen LogP contribution in [-0.4, -0.2) is 74.0 Å². The normalized spacial score (nSPS) is 11.8. The zero-order valence-electron chi connectivity index (χ0n) is 23.6. The van der Waals surface area contributed by atoms with Gasteiger partial charge in [-0.3, -0.25) is 14.4 Å². The standard InChI is InChI=1S/C26H28ClN3O10S3/c1-5-38-20(33)11-30-16-9-8-15(27)10-17(16)41-26(30)29-19(32)13-43(36,37)12-18(31)28-23-21(24(34)39-6-2)14(4)22(42-23)25(35)40-7-3/h8-10H,5-7,11-13H2,1-4H3,(H,28,31). The van der Waals surface area contributed by atoms with Gasteiger partial charge in [0, 0.05) is 5.02 Å². The van der Waals surface area contributed by atoms with Crippen molar-refractivity contribution in [2.45, 2.75) is 34.2 Å². The van der Waals surface area contributed by atoms with Gasteiger partial charge in [-0.2, -0.15) is 4.99 Å². The van der Waals surface area contributed by atoms with Crippen molar-refractivity contribution in [2.24, 2.45) is 4.99 Å². The number of nitrogens with zero attached hydrogens (tertiary/aromatic N) is 2. The summed E-state index contributed by atoms with van der Waals surface area (Å²) in [5.41, 5.74) is 0.625. The number of hydrogen-bond donors (Lipinski definition) is 1. The summed E-state index contributed by atoms with van der Waals surface area (Å²) in [7, 11) is -4.35. The summed E-state index contributed by atoms with van der Waals surface area (Å²) in [5.74, 6) is -6.49. The van der Waals surface area contributed by atoms with Crippen molar-refractivity contribution in [1.29, 1.82) is 0 Å². The lowest BCUT2D eigenvalue weighted by Gasteiger charge is -2.07. The molecule has 3 aromatic rings. The first-order valence-corrected chi connectivity index (χ1v) is 16.6. The van der Waals surface area contributed by atoms with Gasteiger partial charge in [0.1, 0.15) is 27.9 Å². The van der Waals surface area contributed by atoms with Crippen molar-refractivity contribution in [1.82, 2.24) is 4.57 Å². The van der Waals surface area contributed by atoms with E-state index in [2.05, 4.69) is 10.3 Å². The average Bonchev–Trinajstić information content (AvgIpc) is 3.39. The molecular formula is C26H28ClN3O10S3. The second-order valence-electron chi connectivity index (χ2n) is 8.68. The van der Waals surface area contributed by atoms with Gasteiger partial charge in [0.15, 0.2) is 14.6 Å². The maximum atomic E-state index is 12.8. The zero-order valence-corrected chi connectivity index (χ0v) is 26.8. The summed E-state index contributed by atoms with van der Waals surface area (Å²) in [4.78, 5) is 66.5. The largest absolute Gasteiger partial charge is 0.465 e. The maximum Gasteiger partial charge on any atom is 0.348 e. The molecule has 1 N–H and O–H groups in total. The van der Waals surface area contributed by atoms with Crippen molar-refractivity contribution in [2.75, 3.05) is 36.6 Å². The fourth-order valence-corrected chi connectivity index (χ4v) is 7.25. The zero-order chi connectivity index (χ0) is 31.9. The van der Waals surface area contributed by atoms with Gasteiger partial charge in [0.05, 0.1) is 35.6 Å². The minimum Gasteiger partial charge on any atom is -0.465 e. The highest BCUT2D eigenvalue weighted by molar-refractivity contribution is 7.92. The third-order valence-electron chi connectivity index (χ3n) is 5.49. The smallest absolute Gasteiger partial charge is 0.348 e. The number of carbonyl (C=O) groups excluding carboxylic acids is 5. The average molecular weight is 674 g/mol. The van der Waals surface area contributed by atoms with Gasteiger partial charge in [-0.15, -0.1) is 11.3 Å². The first-order valence-electron chi connectivity index (χ1n) is 12.8. The van der Waals surface area contributed by atoms with Gasteiger partial charge in [-0.25, -0.2) is 18.0 Å². The second-order valence-corrected chi connectivity index (χ2v) is 13.2. The molecule has 232 valence electrons. The predicted molar refractivity (Wildman–Crippen MR) is 160 cm³/mol. The van der Waals surface area contributed by atoms with Crippen molar-refractivity contribution >= 4 is 89.1 Å². The molecular weight excluding hydrogens is 646 g/mol. The predicted octanol–water partition coefficient (Wildman–Crippen LogP) is 3.12. The van der Waals surface area contributed by atoms with Gasteiger partial charge < -0.3 is 24.1 Å². The van der Waals surface area contributed by atoms with E-state index in [0.717, 1.165) is 22.7 Å². The van der Waals surface area contributed by atoms with E-state index in [-0.39, 0.29) is 52.2 Å². The number of hydrogen-bond acceptors (Lipinski definition) is 12. The summed E-state index contributed by atoms with van der Waals surface area (Å²) in [6.45, 7) is 6.22. The number of esters is 3. The van der Waals surface area contributed by atoms with Gasteiger partial charge in [0.25, 0.3) is 5.91 Å². The quantitative estimate of drug-likeness (QED) is 0.222. The minimum atomic E-state index is -4.35. The summed E-state index contributed by atoms with van der Waals surface area (Å²) in [6, 6.07) is 4.82. The van der Waals surface area contributed by atoms with E-state index >= 15 is 0 Å². The Morgan fingerprint density at radius 1 is 0.953 bits per heavy atom. The molecule has 0 aliphatic rings. The van der Waals surface area contributed by atoms with Crippen LogP contribution in [0.15, 0.2) is 23.2 Å². The fourth-order valence-electron chi connectivity index (χ4n) is 3.80. The lowest BCUT2D eigenvalue weighted by Crippen LogP contribution is -2.29. The van der Waals surface area contributed by atoms with Crippen LogP contribution in [-0.2, 0) is 45.0 Å². The number of amides is 2. The number of thiophene rings is 1. The van der Waals surface area contributed by atoms with E-state index in [4.69, 9.17) is 25.8 Å².